The summed E-state index contributed by atoms with van der Waals surface area (Å²) in [5.41, 5.74) is 2.89. The van der Waals surface area contributed by atoms with Gasteiger partial charge in [-0.15, -0.1) is 11.3 Å². The number of hydrogen-bond acceptors (Lipinski definition) is 4. The van der Waals surface area contributed by atoms with Crippen LogP contribution in [0.25, 0.3) is 0 Å². The topological polar surface area (TPSA) is 42.0 Å². The van der Waals surface area contributed by atoms with Gasteiger partial charge in [-0.3, -0.25) is 4.21 Å². The molecule has 0 saturated carbocycles. The summed E-state index contributed by atoms with van der Waals surface area (Å²) in [6.07, 6.45) is 1.73. The first-order chi connectivity index (χ1) is 6.59. The lowest BCUT2D eigenvalue weighted by Crippen LogP contribution is -2.33. The Morgan fingerprint density at radius 1 is 1.64 bits per heavy atom. The lowest BCUT2D eigenvalue weighted by atomic mass is 10.2. The zero-order valence-corrected chi connectivity index (χ0v) is 10.3. The minimum atomic E-state index is -0.739. The standard InChI is InChI=1S/C9H16N2OS2/c1-7(5-14(3)12)11-8(2)9-4-13-6-10-9/h4,6-8,11H,5H2,1-3H3. The SMILES string of the molecule is CC(CS(C)=O)NC(C)c1cscn1. The van der Waals surface area contributed by atoms with E-state index in [2.05, 4.69) is 17.2 Å². The fraction of sp³-hybridized carbons (Fsp3) is 0.667. The number of aromatic nitrogens is 1. The van der Waals surface area contributed by atoms with Gasteiger partial charge in [-0.05, 0) is 13.8 Å². The Balaban J connectivity index is 2.41. The zero-order chi connectivity index (χ0) is 10.6. The molecule has 0 amide bonds. The van der Waals surface area contributed by atoms with Crippen LogP contribution in [0.4, 0.5) is 0 Å². The Morgan fingerprint density at radius 3 is 2.86 bits per heavy atom. The van der Waals surface area contributed by atoms with Crippen LogP contribution in [0.1, 0.15) is 25.6 Å². The summed E-state index contributed by atoms with van der Waals surface area (Å²) < 4.78 is 11.0. The highest BCUT2D eigenvalue weighted by molar-refractivity contribution is 7.84. The first-order valence-electron chi connectivity index (χ1n) is 4.53. The maximum Gasteiger partial charge on any atom is 0.0795 e. The van der Waals surface area contributed by atoms with Crippen LogP contribution < -0.4 is 5.32 Å². The van der Waals surface area contributed by atoms with Gasteiger partial charge in [0.2, 0.25) is 0 Å². The minimum Gasteiger partial charge on any atom is -0.305 e. The van der Waals surface area contributed by atoms with Crippen molar-refractivity contribution in [1.82, 2.24) is 10.3 Å². The number of thiazole rings is 1. The second-order valence-electron chi connectivity index (χ2n) is 3.44. The third-order valence-corrected chi connectivity index (χ3v) is 3.49. The number of rotatable bonds is 5. The van der Waals surface area contributed by atoms with Crippen LogP contribution in [0.5, 0.6) is 0 Å². The predicted molar refractivity (Wildman–Crippen MR) is 62.1 cm³/mol. The van der Waals surface area contributed by atoms with E-state index in [0.717, 1.165) is 5.69 Å². The molecule has 0 fully saturated rings. The van der Waals surface area contributed by atoms with Crippen molar-refractivity contribution in [2.75, 3.05) is 12.0 Å². The van der Waals surface area contributed by atoms with Gasteiger partial charge in [0, 0.05) is 40.3 Å². The van der Waals surface area contributed by atoms with Gasteiger partial charge < -0.3 is 5.32 Å². The largest absolute Gasteiger partial charge is 0.305 e. The molecule has 14 heavy (non-hydrogen) atoms. The van der Waals surface area contributed by atoms with Gasteiger partial charge in [0.25, 0.3) is 0 Å². The van der Waals surface area contributed by atoms with E-state index in [1.165, 1.54) is 0 Å². The molecule has 0 aliphatic rings. The maximum atomic E-state index is 11.0. The average molecular weight is 232 g/mol. The van der Waals surface area contributed by atoms with Crippen molar-refractivity contribution in [3.63, 3.8) is 0 Å². The van der Waals surface area contributed by atoms with E-state index >= 15 is 0 Å². The predicted octanol–water partition coefficient (Wildman–Crippen LogP) is 1.56. The third kappa shape index (κ3) is 3.86. The Bertz CT molecular complexity index is 287. The van der Waals surface area contributed by atoms with Crippen molar-refractivity contribution < 1.29 is 4.21 Å². The van der Waals surface area contributed by atoms with Crippen LogP contribution in [0, 0.1) is 0 Å². The molecule has 1 rings (SSSR count). The first kappa shape index (κ1) is 11.8. The van der Waals surface area contributed by atoms with Crippen LogP contribution in [0.15, 0.2) is 10.9 Å². The van der Waals surface area contributed by atoms with E-state index < -0.39 is 10.8 Å². The monoisotopic (exact) mass is 232 g/mol. The average Bonchev–Trinajstić information content (AvgIpc) is 2.53. The lowest BCUT2D eigenvalue weighted by molar-refractivity contribution is 0.501. The van der Waals surface area contributed by atoms with Gasteiger partial charge >= 0.3 is 0 Å². The number of nitrogens with zero attached hydrogens (tertiary/aromatic N) is 1. The number of nitrogens with one attached hydrogen (secondary N) is 1. The molecular formula is C9H16N2OS2. The van der Waals surface area contributed by atoms with Crippen molar-refractivity contribution in [2.45, 2.75) is 25.9 Å². The summed E-state index contributed by atoms with van der Waals surface area (Å²) in [5.74, 6) is 0.689. The molecule has 3 nitrogen and oxygen atoms in total. The molecule has 3 unspecified atom stereocenters. The van der Waals surface area contributed by atoms with Crippen molar-refractivity contribution in [3.05, 3.63) is 16.6 Å². The molecule has 0 radical (unpaired) electrons. The van der Waals surface area contributed by atoms with Crippen LogP contribution in [-0.4, -0.2) is 27.2 Å². The summed E-state index contributed by atoms with van der Waals surface area (Å²) >= 11 is 1.60. The van der Waals surface area contributed by atoms with Gasteiger partial charge in [-0.1, -0.05) is 0 Å². The van der Waals surface area contributed by atoms with E-state index in [9.17, 15) is 4.21 Å². The summed E-state index contributed by atoms with van der Waals surface area (Å²) in [7, 11) is -0.739. The second-order valence-corrected chi connectivity index (χ2v) is 5.64. The van der Waals surface area contributed by atoms with Crippen LogP contribution >= 0.6 is 11.3 Å². The van der Waals surface area contributed by atoms with Crippen LogP contribution in [0.3, 0.4) is 0 Å². The molecule has 1 N–H and O–H groups in total. The van der Waals surface area contributed by atoms with Gasteiger partial charge in [-0.25, -0.2) is 4.98 Å². The van der Waals surface area contributed by atoms with E-state index in [0.29, 0.717) is 5.75 Å². The van der Waals surface area contributed by atoms with E-state index in [-0.39, 0.29) is 12.1 Å². The maximum absolute atomic E-state index is 11.0. The van der Waals surface area contributed by atoms with Crippen LogP contribution in [0.2, 0.25) is 0 Å². The fourth-order valence-electron chi connectivity index (χ4n) is 1.35. The molecule has 0 spiro atoms. The van der Waals surface area contributed by atoms with Crippen molar-refractivity contribution in [1.29, 1.82) is 0 Å². The molecule has 0 saturated heterocycles. The molecule has 0 aliphatic heterocycles. The fourth-order valence-corrected chi connectivity index (χ4v) is 2.80. The van der Waals surface area contributed by atoms with Gasteiger partial charge in [-0.2, -0.15) is 0 Å². The smallest absolute Gasteiger partial charge is 0.0795 e. The molecular weight excluding hydrogens is 216 g/mol. The van der Waals surface area contributed by atoms with E-state index in [1.54, 1.807) is 17.6 Å². The minimum absolute atomic E-state index is 0.236. The second kappa shape index (κ2) is 5.58. The molecule has 1 heterocycles. The number of hydrogen-bond donors (Lipinski definition) is 1. The Hall–Kier alpha value is -0.260. The van der Waals surface area contributed by atoms with E-state index in [4.69, 9.17) is 0 Å². The Labute approximate surface area is 91.4 Å². The van der Waals surface area contributed by atoms with Gasteiger partial charge in [0.15, 0.2) is 0 Å². The summed E-state index contributed by atoms with van der Waals surface area (Å²) in [4.78, 5) is 4.23. The van der Waals surface area contributed by atoms with Gasteiger partial charge in [0.1, 0.15) is 0 Å². The van der Waals surface area contributed by atoms with Crippen molar-refractivity contribution >= 4 is 22.1 Å². The summed E-state index contributed by atoms with van der Waals surface area (Å²) in [6.45, 7) is 4.12. The van der Waals surface area contributed by atoms with Crippen molar-refractivity contribution in [3.8, 4) is 0 Å². The highest BCUT2D eigenvalue weighted by atomic mass is 32.2. The van der Waals surface area contributed by atoms with Gasteiger partial charge in [0.05, 0.1) is 11.2 Å². The normalized spacial score (nSPS) is 17.6. The quantitative estimate of drug-likeness (QED) is 0.837. The molecule has 5 heteroatoms. The molecule has 3 atom stereocenters. The zero-order valence-electron chi connectivity index (χ0n) is 8.69. The molecule has 0 aromatic carbocycles. The van der Waals surface area contributed by atoms with Crippen molar-refractivity contribution in [2.24, 2.45) is 0 Å². The molecule has 0 bridgehead atoms. The van der Waals surface area contributed by atoms with Crippen LogP contribution in [-0.2, 0) is 10.8 Å². The molecule has 80 valence electrons. The highest BCUT2D eigenvalue weighted by Crippen LogP contribution is 2.12. The highest BCUT2D eigenvalue weighted by Gasteiger charge is 2.11. The molecule has 1 aromatic heterocycles. The Kier molecular flexibility index (Phi) is 4.71. The molecule has 0 aliphatic carbocycles. The third-order valence-electron chi connectivity index (χ3n) is 1.91. The summed E-state index contributed by atoms with van der Waals surface area (Å²) in [5, 5.41) is 5.40. The Morgan fingerprint density at radius 2 is 2.36 bits per heavy atom. The molecule has 1 aromatic rings. The summed E-state index contributed by atoms with van der Waals surface area (Å²) in [6, 6.07) is 0.498. The van der Waals surface area contributed by atoms with E-state index in [1.807, 2.05) is 17.8 Å². The first-order valence-corrected chi connectivity index (χ1v) is 7.20. The lowest BCUT2D eigenvalue weighted by Gasteiger charge is -2.17.